The van der Waals surface area contributed by atoms with Crippen molar-refractivity contribution in [3.63, 3.8) is 0 Å². The fourth-order valence-electron chi connectivity index (χ4n) is 4.06. The van der Waals surface area contributed by atoms with Gasteiger partial charge in [-0.05, 0) is 22.6 Å². The van der Waals surface area contributed by atoms with Crippen molar-refractivity contribution < 1.29 is 14.3 Å². The summed E-state index contributed by atoms with van der Waals surface area (Å²) in [6, 6.07) is 29.4. The number of nitrogens with one attached hydrogen (secondary N) is 1. The van der Waals surface area contributed by atoms with Crippen LogP contribution in [0, 0.1) is 5.92 Å². The van der Waals surface area contributed by atoms with Gasteiger partial charge in [-0.2, -0.15) is 0 Å². The second-order valence-electron chi connectivity index (χ2n) is 7.99. The second-order valence-corrected chi connectivity index (χ2v) is 7.99. The zero-order valence-corrected chi connectivity index (χ0v) is 18.2. The Balaban J connectivity index is 2.12. The molecule has 0 aromatic heterocycles. The lowest BCUT2D eigenvalue weighted by atomic mass is 9.67. The summed E-state index contributed by atoms with van der Waals surface area (Å²) in [6.07, 6.45) is 0.158. The number of hydrogen-bond donors (Lipinski definition) is 1. The van der Waals surface area contributed by atoms with E-state index < -0.39 is 17.4 Å². The molecule has 0 spiro atoms. The molecule has 1 N–H and O–H groups in total. The van der Waals surface area contributed by atoms with Crippen molar-refractivity contribution in [2.45, 2.75) is 31.7 Å². The monoisotopic (exact) mass is 415 g/mol. The van der Waals surface area contributed by atoms with Crippen LogP contribution in [-0.4, -0.2) is 25.0 Å². The predicted molar refractivity (Wildman–Crippen MR) is 123 cm³/mol. The lowest BCUT2D eigenvalue weighted by molar-refractivity contribution is -0.146. The fraction of sp³-hybridized carbons (Fsp3) is 0.259. The molecule has 0 aliphatic rings. The highest BCUT2D eigenvalue weighted by Gasteiger charge is 2.39. The average molecular weight is 416 g/mol. The zero-order chi connectivity index (χ0) is 22.3. The van der Waals surface area contributed by atoms with Crippen molar-refractivity contribution >= 4 is 11.9 Å². The first-order valence-corrected chi connectivity index (χ1v) is 10.5. The molecule has 0 radical (unpaired) electrons. The third-order valence-corrected chi connectivity index (χ3v) is 5.66. The van der Waals surface area contributed by atoms with Crippen molar-refractivity contribution in [3.05, 3.63) is 108 Å². The molecule has 0 bridgehead atoms. The minimum atomic E-state index is -0.703. The first-order chi connectivity index (χ1) is 15.0. The summed E-state index contributed by atoms with van der Waals surface area (Å²) in [5.41, 5.74) is 2.34. The van der Waals surface area contributed by atoms with Gasteiger partial charge >= 0.3 is 5.97 Å². The third-order valence-electron chi connectivity index (χ3n) is 5.66. The van der Waals surface area contributed by atoms with E-state index in [4.69, 9.17) is 4.74 Å². The first kappa shape index (κ1) is 22.3. The van der Waals surface area contributed by atoms with Crippen molar-refractivity contribution in [2.75, 3.05) is 7.11 Å². The Morgan fingerprint density at radius 2 is 1.16 bits per heavy atom. The smallest absolute Gasteiger partial charge is 0.328 e. The topological polar surface area (TPSA) is 55.4 Å². The molecule has 0 saturated carbocycles. The summed E-state index contributed by atoms with van der Waals surface area (Å²) >= 11 is 0. The van der Waals surface area contributed by atoms with Crippen LogP contribution in [0.5, 0.6) is 0 Å². The molecular weight excluding hydrogens is 386 g/mol. The summed E-state index contributed by atoms with van der Waals surface area (Å²) < 4.78 is 4.90. The Kier molecular flexibility index (Phi) is 7.24. The molecule has 0 heterocycles. The van der Waals surface area contributed by atoms with E-state index in [0.717, 1.165) is 16.7 Å². The van der Waals surface area contributed by atoms with Gasteiger partial charge in [-0.25, -0.2) is 4.79 Å². The number of rotatable bonds is 8. The van der Waals surface area contributed by atoms with Gasteiger partial charge in [0.2, 0.25) is 5.91 Å². The number of benzene rings is 3. The van der Waals surface area contributed by atoms with Crippen LogP contribution in [0.4, 0.5) is 0 Å². The zero-order valence-electron chi connectivity index (χ0n) is 18.2. The minimum absolute atomic E-state index is 0.0871. The lowest BCUT2D eigenvalue weighted by Crippen LogP contribution is -2.47. The van der Waals surface area contributed by atoms with E-state index in [-0.39, 0.29) is 18.2 Å². The number of esters is 1. The third kappa shape index (κ3) is 4.85. The summed E-state index contributed by atoms with van der Waals surface area (Å²) in [6.45, 7) is 3.78. The average Bonchev–Trinajstić information content (AvgIpc) is 2.82. The van der Waals surface area contributed by atoms with Gasteiger partial charge in [0.25, 0.3) is 0 Å². The van der Waals surface area contributed by atoms with Crippen molar-refractivity contribution in [1.82, 2.24) is 5.32 Å². The number of methoxy groups -OCH3 is 1. The predicted octanol–water partition coefficient (Wildman–Crippen LogP) is 4.72. The number of ether oxygens (including phenoxy) is 1. The van der Waals surface area contributed by atoms with Crippen LogP contribution in [0.15, 0.2) is 91.0 Å². The number of carbonyl (C=O) groups excluding carboxylic acids is 2. The Bertz CT molecular complexity index is 888. The van der Waals surface area contributed by atoms with Crippen LogP contribution >= 0.6 is 0 Å². The lowest BCUT2D eigenvalue weighted by Gasteiger charge is -2.36. The maximum atomic E-state index is 13.4. The normalized spacial score (nSPS) is 12.3. The van der Waals surface area contributed by atoms with Crippen LogP contribution in [0.1, 0.15) is 37.0 Å². The molecule has 3 aromatic carbocycles. The number of amides is 1. The first-order valence-electron chi connectivity index (χ1n) is 10.5. The van der Waals surface area contributed by atoms with Crippen LogP contribution in [0.25, 0.3) is 0 Å². The molecule has 1 amide bonds. The van der Waals surface area contributed by atoms with E-state index in [0.29, 0.717) is 0 Å². The van der Waals surface area contributed by atoms with Crippen LogP contribution in [0.2, 0.25) is 0 Å². The molecule has 31 heavy (non-hydrogen) atoms. The standard InChI is InChI=1S/C27H29NO3/c1-20(2)25(26(30)31-3)28-24(29)19-27(21-13-7-4-8-14-21,22-15-9-5-10-16-22)23-17-11-6-12-18-23/h4-18,20,25H,19H2,1-3H3,(H,28,29)/t25-/m1/s1. The quantitative estimate of drug-likeness (QED) is 0.428. The van der Waals surface area contributed by atoms with Gasteiger partial charge < -0.3 is 10.1 Å². The Labute approximate surface area is 184 Å². The molecule has 4 nitrogen and oxygen atoms in total. The molecule has 160 valence electrons. The second kappa shape index (κ2) is 10.1. The Morgan fingerprint density at radius 3 is 1.48 bits per heavy atom. The van der Waals surface area contributed by atoms with Gasteiger partial charge in [0.1, 0.15) is 6.04 Å². The maximum Gasteiger partial charge on any atom is 0.328 e. The van der Waals surface area contributed by atoms with E-state index in [1.54, 1.807) is 0 Å². The van der Waals surface area contributed by atoms with Gasteiger partial charge in [-0.3, -0.25) is 4.79 Å². The van der Waals surface area contributed by atoms with Gasteiger partial charge in [-0.15, -0.1) is 0 Å². The summed E-state index contributed by atoms with van der Waals surface area (Å²) in [5, 5.41) is 2.92. The molecule has 0 aliphatic heterocycles. The SMILES string of the molecule is COC(=O)[C@H](NC(=O)CC(c1ccccc1)(c1ccccc1)c1ccccc1)C(C)C. The molecule has 4 heteroatoms. The summed E-state index contributed by atoms with van der Waals surface area (Å²) in [7, 11) is 1.34. The van der Waals surface area contributed by atoms with E-state index in [9.17, 15) is 9.59 Å². The van der Waals surface area contributed by atoms with Crippen LogP contribution in [-0.2, 0) is 19.7 Å². The minimum Gasteiger partial charge on any atom is -0.467 e. The van der Waals surface area contributed by atoms with Gasteiger partial charge in [-0.1, -0.05) is 105 Å². The fourth-order valence-corrected chi connectivity index (χ4v) is 4.06. The van der Waals surface area contributed by atoms with Crippen molar-refractivity contribution in [2.24, 2.45) is 5.92 Å². The van der Waals surface area contributed by atoms with E-state index in [1.165, 1.54) is 7.11 Å². The van der Waals surface area contributed by atoms with Gasteiger partial charge in [0, 0.05) is 6.42 Å². The van der Waals surface area contributed by atoms with E-state index in [2.05, 4.69) is 5.32 Å². The van der Waals surface area contributed by atoms with E-state index >= 15 is 0 Å². The highest BCUT2D eigenvalue weighted by atomic mass is 16.5. The Hall–Kier alpha value is -3.40. The molecule has 0 fully saturated rings. The number of carbonyl (C=O) groups is 2. The van der Waals surface area contributed by atoms with Crippen molar-refractivity contribution in [3.8, 4) is 0 Å². The molecule has 0 unspecified atom stereocenters. The maximum absolute atomic E-state index is 13.4. The summed E-state index contributed by atoms with van der Waals surface area (Å²) in [4.78, 5) is 25.6. The van der Waals surface area contributed by atoms with Crippen LogP contribution < -0.4 is 5.32 Å². The highest BCUT2D eigenvalue weighted by Crippen LogP contribution is 2.42. The van der Waals surface area contributed by atoms with Crippen LogP contribution in [0.3, 0.4) is 0 Å². The molecule has 1 atom stereocenters. The van der Waals surface area contributed by atoms with Crippen molar-refractivity contribution in [1.29, 1.82) is 0 Å². The van der Waals surface area contributed by atoms with Gasteiger partial charge in [0.05, 0.1) is 12.5 Å². The molecule has 0 saturated heterocycles. The Morgan fingerprint density at radius 1 is 0.774 bits per heavy atom. The number of hydrogen-bond acceptors (Lipinski definition) is 3. The van der Waals surface area contributed by atoms with Gasteiger partial charge in [0.15, 0.2) is 0 Å². The highest BCUT2D eigenvalue weighted by molar-refractivity contribution is 5.86. The molecule has 3 aromatic rings. The molecular formula is C27H29NO3. The summed E-state index contributed by atoms with van der Waals surface area (Å²) in [5.74, 6) is -0.732. The molecule has 0 aliphatic carbocycles. The largest absolute Gasteiger partial charge is 0.467 e. The molecule has 3 rings (SSSR count). The van der Waals surface area contributed by atoms with E-state index in [1.807, 2.05) is 105 Å².